The second-order valence-corrected chi connectivity index (χ2v) is 3.67. The van der Waals surface area contributed by atoms with Crippen molar-refractivity contribution < 1.29 is 28.9 Å². The van der Waals surface area contributed by atoms with Crippen molar-refractivity contribution in [1.29, 1.82) is 0 Å². The van der Waals surface area contributed by atoms with Gasteiger partial charge in [0, 0.05) is 6.42 Å². The number of aliphatic hydroxyl groups is 1. The van der Waals surface area contributed by atoms with Gasteiger partial charge in [-0.05, 0) is 23.6 Å². The SMILES string of the molecule is COC(=O)CCc1ccc(C(O)C(=O)O)cc1F. The quantitative estimate of drug-likeness (QED) is 0.769. The molecule has 0 saturated heterocycles. The number of halogens is 1. The first-order valence-electron chi connectivity index (χ1n) is 5.21. The molecule has 0 fully saturated rings. The van der Waals surface area contributed by atoms with Crippen LogP contribution in [-0.2, 0) is 20.7 Å². The molecule has 0 aliphatic heterocycles. The van der Waals surface area contributed by atoms with Crippen molar-refractivity contribution in [3.8, 4) is 0 Å². The van der Waals surface area contributed by atoms with E-state index in [0.717, 1.165) is 6.07 Å². The number of benzene rings is 1. The Morgan fingerprint density at radius 2 is 2.11 bits per heavy atom. The van der Waals surface area contributed by atoms with Crippen LogP contribution in [-0.4, -0.2) is 29.3 Å². The van der Waals surface area contributed by atoms with E-state index in [4.69, 9.17) is 5.11 Å². The van der Waals surface area contributed by atoms with Gasteiger partial charge in [0.15, 0.2) is 6.10 Å². The van der Waals surface area contributed by atoms with E-state index < -0.39 is 23.9 Å². The van der Waals surface area contributed by atoms with Gasteiger partial charge in [0.2, 0.25) is 0 Å². The summed E-state index contributed by atoms with van der Waals surface area (Å²) in [6, 6.07) is 3.61. The van der Waals surface area contributed by atoms with Gasteiger partial charge in [-0.15, -0.1) is 0 Å². The van der Waals surface area contributed by atoms with Crippen LogP contribution in [0.15, 0.2) is 18.2 Å². The molecular weight excluding hydrogens is 243 g/mol. The number of hydrogen-bond donors (Lipinski definition) is 2. The van der Waals surface area contributed by atoms with E-state index in [1.165, 1.54) is 19.2 Å². The third kappa shape index (κ3) is 3.53. The highest BCUT2D eigenvalue weighted by molar-refractivity contribution is 5.74. The topological polar surface area (TPSA) is 83.8 Å². The lowest BCUT2D eigenvalue weighted by atomic mass is 10.0. The second kappa shape index (κ2) is 6.11. The second-order valence-electron chi connectivity index (χ2n) is 3.67. The monoisotopic (exact) mass is 256 g/mol. The fraction of sp³-hybridized carbons (Fsp3) is 0.333. The molecule has 0 bridgehead atoms. The molecule has 0 spiro atoms. The van der Waals surface area contributed by atoms with Crippen molar-refractivity contribution in [3.05, 3.63) is 35.1 Å². The van der Waals surface area contributed by atoms with E-state index in [-0.39, 0.29) is 24.0 Å². The zero-order valence-electron chi connectivity index (χ0n) is 9.72. The van der Waals surface area contributed by atoms with Crippen LogP contribution in [0.25, 0.3) is 0 Å². The summed E-state index contributed by atoms with van der Waals surface area (Å²) in [5.74, 6) is -2.56. The number of rotatable bonds is 5. The molecule has 1 rings (SSSR count). The zero-order valence-corrected chi connectivity index (χ0v) is 9.72. The number of aliphatic carboxylic acids is 1. The number of esters is 1. The van der Waals surface area contributed by atoms with Gasteiger partial charge in [-0.1, -0.05) is 12.1 Å². The summed E-state index contributed by atoms with van der Waals surface area (Å²) in [5.41, 5.74) is 0.226. The first-order chi connectivity index (χ1) is 8.45. The summed E-state index contributed by atoms with van der Waals surface area (Å²) >= 11 is 0. The van der Waals surface area contributed by atoms with Crippen LogP contribution >= 0.6 is 0 Å². The largest absolute Gasteiger partial charge is 0.479 e. The Kier molecular flexibility index (Phi) is 4.79. The molecule has 0 aliphatic carbocycles. The molecule has 1 aromatic rings. The molecule has 0 amide bonds. The predicted molar refractivity (Wildman–Crippen MR) is 59.3 cm³/mol. The van der Waals surface area contributed by atoms with Gasteiger partial charge in [-0.25, -0.2) is 9.18 Å². The summed E-state index contributed by atoms with van der Waals surface area (Å²) in [5, 5.41) is 17.8. The van der Waals surface area contributed by atoms with Crippen molar-refractivity contribution in [2.75, 3.05) is 7.11 Å². The molecule has 0 radical (unpaired) electrons. The van der Waals surface area contributed by atoms with Crippen LogP contribution in [0.4, 0.5) is 4.39 Å². The van der Waals surface area contributed by atoms with Crippen LogP contribution in [0.3, 0.4) is 0 Å². The standard InChI is InChI=1S/C12H13FO5/c1-18-10(14)5-4-7-2-3-8(6-9(7)13)11(15)12(16)17/h2-3,6,11,15H,4-5H2,1H3,(H,16,17). The Bertz CT molecular complexity index is 458. The molecule has 1 aromatic carbocycles. The Labute approximate surface area is 103 Å². The lowest BCUT2D eigenvalue weighted by Crippen LogP contribution is -2.11. The molecule has 5 nitrogen and oxygen atoms in total. The lowest BCUT2D eigenvalue weighted by Gasteiger charge is -2.08. The van der Waals surface area contributed by atoms with Crippen molar-refractivity contribution in [2.45, 2.75) is 18.9 Å². The Hall–Kier alpha value is -1.95. The van der Waals surface area contributed by atoms with Crippen molar-refractivity contribution in [3.63, 3.8) is 0 Å². The Morgan fingerprint density at radius 3 is 2.61 bits per heavy atom. The van der Waals surface area contributed by atoms with E-state index in [0.29, 0.717) is 0 Å². The predicted octanol–water partition coefficient (Wildman–Crippen LogP) is 1.05. The smallest absolute Gasteiger partial charge is 0.337 e. The normalized spacial score (nSPS) is 11.9. The molecule has 0 saturated carbocycles. The summed E-state index contributed by atoms with van der Waals surface area (Å²) in [6.07, 6.45) is -1.56. The van der Waals surface area contributed by atoms with Gasteiger partial charge in [0.1, 0.15) is 5.82 Å². The van der Waals surface area contributed by atoms with E-state index in [1.807, 2.05) is 0 Å². The van der Waals surface area contributed by atoms with Crippen LogP contribution in [0, 0.1) is 5.82 Å². The maximum atomic E-state index is 13.6. The maximum Gasteiger partial charge on any atom is 0.337 e. The zero-order chi connectivity index (χ0) is 13.7. The van der Waals surface area contributed by atoms with Crippen molar-refractivity contribution >= 4 is 11.9 Å². The van der Waals surface area contributed by atoms with E-state index in [9.17, 15) is 19.1 Å². The number of carboxylic acid groups (broad SMARTS) is 1. The number of aryl methyl sites for hydroxylation is 1. The fourth-order valence-electron chi connectivity index (χ4n) is 1.42. The molecule has 0 aromatic heterocycles. The first kappa shape index (κ1) is 14.1. The van der Waals surface area contributed by atoms with Crippen LogP contribution in [0.1, 0.15) is 23.7 Å². The number of ether oxygens (including phenoxy) is 1. The number of carboxylic acids is 1. The van der Waals surface area contributed by atoms with Crippen LogP contribution in [0.2, 0.25) is 0 Å². The number of methoxy groups -OCH3 is 1. The van der Waals surface area contributed by atoms with Crippen LogP contribution in [0.5, 0.6) is 0 Å². The van der Waals surface area contributed by atoms with Gasteiger partial charge < -0.3 is 14.9 Å². The Morgan fingerprint density at radius 1 is 1.44 bits per heavy atom. The van der Waals surface area contributed by atoms with Gasteiger partial charge in [0.25, 0.3) is 0 Å². The average molecular weight is 256 g/mol. The summed E-state index contributed by atoms with van der Waals surface area (Å²) in [6.45, 7) is 0. The van der Waals surface area contributed by atoms with E-state index in [2.05, 4.69) is 4.74 Å². The molecule has 6 heteroatoms. The number of hydrogen-bond acceptors (Lipinski definition) is 4. The molecule has 0 heterocycles. The van der Waals surface area contributed by atoms with Gasteiger partial charge in [0.05, 0.1) is 7.11 Å². The summed E-state index contributed by atoms with van der Waals surface area (Å²) in [7, 11) is 1.24. The average Bonchev–Trinajstić information content (AvgIpc) is 2.35. The third-order valence-corrected chi connectivity index (χ3v) is 2.45. The minimum atomic E-state index is -1.76. The highest BCUT2D eigenvalue weighted by Crippen LogP contribution is 2.18. The lowest BCUT2D eigenvalue weighted by molar-refractivity contribution is -0.147. The summed E-state index contributed by atoms with van der Waals surface area (Å²) < 4.78 is 18.0. The molecule has 1 atom stereocenters. The number of aliphatic hydroxyl groups excluding tert-OH is 1. The van der Waals surface area contributed by atoms with Crippen molar-refractivity contribution in [1.82, 2.24) is 0 Å². The molecule has 0 aliphatic rings. The highest BCUT2D eigenvalue weighted by atomic mass is 19.1. The van der Waals surface area contributed by atoms with Gasteiger partial charge in [-0.3, -0.25) is 4.79 Å². The third-order valence-electron chi connectivity index (χ3n) is 2.45. The molecule has 1 unspecified atom stereocenters. The maximum absolute atomic E-state index is 13.6. The minimum Gasteiger partial charge on any atom is -0.479 e. The first-order valence-corrected chi connectivity index (χ1v) is 5.21. The van der Waals surface area contributed by atoms with Crippen LogP contribution < -0.4 is 0 Å². The fourth-order valence-corrected chi connectivity index (χ4v) is 1.42. The van der Waals surface area contributed by atoms with E-state index >= 15 is 0 Å². The molecular formula is C12H13FO5. The molecule has 2 N–H and O–H groups in total. The highest BCUT2D eigenvalue weighted by Gasteiger charge is 2.17. The minimum absolute atomic E-state index is 0.0360. The Balaban J connectivity index is 2.80. The summed E-state index contributed by atoms with van der Waals surface area (Å²) in [4.78, 5) is 21.4. The number of carbonyl (C=O) groups is 2. The number of carbonyl (C=O) groups excluding carboxylic acids is 1. The molecule has 18 heavy (non-hydrogen) atoms. The molecule has 98 valence electrons. The van der Waals surface area contributed by atoms with Crippen molar-refractivity contribution in [2.24, 2.45) is 0 Å². The van der Waals surface area contributed by atoms with Gasteiger partial charge >= 0.3 is 11.9 Å². The van der Waals surface area contributed by atoms with Gasteiger partial charge in [-0.2, -0.15) is 0 Å². The van der Waals surface area contributed by atoms with E-state index in [1.54, 1.807) is 0 Å².